The molecule has 24 heavy (non-hydrogen) atoms. The van der Waals surface area contributed by atoms with E-state index >= 15 is 0 Å². The topological polar surface area (TPSA) is 92.4 Å². The highest BCUT2D eigenvalue weighted by atomic mass is 16.4. The molecule has 0 saturated carbocycles. The van der Waals surface area contributed by atoms with Crippen LogP contribution in [-0.2, 0) is 9.59 Å². The van der Waals surface area contributed by atoms with Crippen molar-refractivity contribution in [1.29, 1.82) is 0 Å². The summed E-state index contributed by atoms with van der Waals surface area (Å²) in [4.78, 5) is 23.1. The normalized spacial score (nSPS) is 16.2. The van der Waals surface area contributed by atoms with Crippen LogP contribution in [0.4, 0.5) is 0 Å². The number of nitrogens with two attached hydrogens (primary N) is 1. The first-order valence-corrected chi connectivity index (χ1v) is 9.52. The number of aliphatic carboxylic acids is 1. The molecule has 4 N–H and O–H groups in total. The van der Waals surface area contributed by atoms with Crippen LogP contribution in [0.1, 0.15) is 79.1 Å². The predicted molar refractivity (Wildman–Crippen MR) is 98.7 cm³/mol. The third kappa shape index (κ3) is 12.3. The Morgan fingerprint density at radius 3 is 2.04 bits per heavy atom. The second-order valence-electron chi connectivity index (χ2n) is 7.49. The summed E-state index contributed by atoms with van der Waals surface area (Å²) in [5.74, 6) is 0.136. The maximum absolute atomic E-state index is 12.1. The van der Waals surface area contributed by atoms with E-state index in [2.05, 4.69) is 33.0 Å². The SMILES string of the molecule is CCCC(C)CC(N)CC(=O)NCC(CC(=O)O)CC(C)CCC. The molecule has 0 aliphatic carbocycles. The fraction of sp³-hybridized carbons (Fsp3) is 0.895. The van der Waals surface area contributed by atoms with Crippen molar-refractivity contribution in [3.63, 3.8) is 0 Å². The summed E-state index contributed by atoms with van der Waals surface area (Å²) in [6.07, 6.45) is 6.56. The maximum Gasteiger partial charge on any atom is 0.303 e. The molecule has 0 heterocycles. The van der Waals surface area contributed by atoms with Crippen molar-refractivity contribution < 1.29 is 14.7 Å². The second kappa shape index (κ2) is 13.2. The summed E-state index contributed by atoms with van der Waals surface area (Å²) in [5.41, 5.74) is 6.06. The molecule has 4 atom stereocenters. The van der Waals surface area contributed by atoms with Gasteiger partial charge in [-0.15, -0.1) is 0 Å². The molecule has 0 aliphatic rings. The summed E-state index contributed by atoms with van der Waals surface area (Å²) in [6, 6.07) is -0.122. The van der Waals surface area contributed by atoms with Crippen molar-refractivity contribution in [1.82, 2.24) is 5.32 Å². The van der Waals surface area contributed by atoms with Crippen LogP contribution in [-0.4, -0.2) is 29.6 Å². The van der Waals surface area contributed by atoms with E-state index in [0.29, 0.717) is 24.8 Å². The summed E-state index contributed by atoms with van der Waals surface area (Å²) in [5, 5.41) is 11.9. The smallest absolute Gasteiger partial charge is 0.303 e. The number of rotatable bonds is 14. The van der Waals surface area contributed by atoms with Gasteiger partial charge in [0, 0.05) is 25.4 Å². The molecule has 0 saturated heterocycles. The Hall–Kier alpha value is -1.10. The van der Waals surface area contributed by atoms with Gasteiger partial charge in [-0.05, 0) is 30.6 Å². The average Bonchev–Trinajstić information content (AvgIpc) is 2.44. The molecule has 0 aromatic carbocycles. The molecule has 1 amide bonds. The van der Waals surface area contributed by atoms with E-state index in [4.69, 9.17) is 10.8 Å². The van der Waals surface area contributed by atoms with Crippen LogP contribution in [0.5, 0.6) is 0 Å². The first-order valence-electron chi connectivity index (χ1n) is 9.52. The van der Waals surface area contributed by atoms with E-state index in [1.807, 2.05) is 0 Å². The lowest BCUT2D eigenvalue weighted by Crippen LogP contribution is -2.36. The third-order valence-electron chi connectivity index (χ3n) is 4.50. The first-order chi connectivity index (χ1) is 11.3. The Morgan fingerprint density at radius 2 is 1.54 bits per heavy atom. The molecule has 0 rings (SSSR count). The predicted octanol–water partition coefficient (Wildman–Crippen LogP) is 3.56. The van der Waals surface area contributed by atoms with E-state index in [1.54, 1.807) is 0 Å². The highest BCUT2D eigenvalue weighted by molar-refractivity contribution is 5.76. The van der Waals surface area contributed by atoms with Crippen LogP contribution < -0.4 is 11.1 Å². The van der Waals surface area contributed by atoms with Crippen LogP contribution in [0, 0.1) is 17.8 Å². The lowest BCUT2D eigenvalue weighted by atomic mass is 9.90. The molecule has 4 unspecified atom stereocenters. The standard InChI is InChI=1S/C19H38N2O3/c1-5-7-14(3)9-16(11-19(23)24)13-21-18(22)12-17(20)10-15(4)8-6-2/h14-17H,5-13,20H2,1-4H3,(H,21,22)(H,23,24). The number of carbonyl (C=O) groups is 2. The van der Waals surface area contributed by atoms with Gasteiger partial charge in [0.2, 0.25) is 5.91 Å². The quantitative estimate of drug-likeness (QED) is 0.450. The number of nitrogens with one attached hydrogen (secondary N) is 1. The van der Waals surface area contributed by atoms with Crippen LogP contribution in [0.2, 0.25) is 0 Å². The zero-order chi connectivity index (χ0) is 18.5. The van der Waals surface area contributed by atoms with Crippen LogP contribution in [0.25, 0.3) is 0 Å². The fourth-order valence-corrected chi connectivity index (χ4v) is 3.44. The number of carboxylic acid groups (broad SMARTS) is 1. The fourth-order valence-electron chi connectivity index (χ4n) is 3.44. The van der Waals surface area contributed by atoms with E-state index in [9.17, 15) is 9.59 Å². The summed E-state index contributed by atoms with van der Waals surface area (Å²) in [7, 11) is 0. The van der Waals surface area contributed by atoms with Gasteiger partial charge in [0.15, 0.2) is 0 Å². The molecule has 0 aliphatic heterocycles. The minimum absolute atomic E-state index is 0.0109. The maximum atomic E-state index is 12.1. The van der Waals surface area contributed by atoms with Gasteiger partial charge in [-0.25, -0.2) is 0 Å². The molecule has 142 valence electrons. The molecule has 0 aromatic heterocycles. The van der Waals surface area contributed by atoms with Crippen LogP contribution >= 0.6 is 0 Å². The van der Waals surface area contributed by atoms with Crippen molar-refractivity contribution >= 4 is 11.9 Å². The first kappa shape index (κ1) is 22.9. The lowest BCUT2D eigenvalue weighted by molar-refractivity contribution is -0.138. The Morgan fingerprint density at radius 1 is 1.00 bits per heavy atom. The molecule has 0 bridgehead atoms. The van der Waals surface area contributed by atoms with Gasteiger partial charge in [0.1, 0.15) is 0 Å². The highest BCUT2D eigenvalue weighted by Gasteiger charge is 2.18. The minimum Gasteiger partial charge on any atom is -0.481 e. The van der Waals surface area contributed by atoms with E-state index in [-0.39, 0.29) is 24.3 Å². The number of hydrogen-bond donors (Lipinski definition) is 3. The van der Waals surface area contributed by atoms with Gasteiger partial charge in [0.25, 0.3) is 0 Å². The molecule has 0 aromatic rings. The highest BCUT2D eigenvalue weighted by Crippen LogP contribution is 2.19. The largest absolute Gasteiger partial charge is 0.481 e. The number of amides is 1. The van der Waals surface area contributed by atoms with Gasteiger partial charge in [-0.1, -0.05) is 53.4 Å². The van der Waals surface area contributed by atoms with Crippen molar-refractivity contribution in [3.8, 4) is 0 Å². The Balaban J connectivity index is 4.26. The summed E-state index contributed by atoms with van der Waals surface area (Å²) in [6.45, 7) is 9.02. The number of hydrogen-bond acceptors (Lipinski definition) is 3. The number of carbonyl (C=O) groups excluding carboxylic acids is 1. The van der Waals surface area contributed by atoms with E-state index in [0.717, 1.165) is 38.5 Å². The molecule has 5 nitrogen and oxygen atoms in total. The van der Waals surface area contributed by atoms with Crippen molar-refractivity contribution in [3.05, 3.63) is 0 Å². The van der Waals surface area contributed by atoms with Crippen LogP contribution in [0.3, 0.4) is 0 Å². The van der Waals surface area contributed by atoms with Crippen molar-refractivity contribution in [2.24, 2.45) is 23.5 Å². The van der Waals surface area contributed by atoms with Crippen molar-refractivity contribution in [2.45, 2.75) is 85.1 Å². The Kier molecular flexibility index (Phi) is 12.6. The van der Waals surface area contributed by atoms with Crippen LogP contribution in [0.15, 0.2) is 0 Å². The third-order valence-corrected chi connectivity index (χ3v) is 4.50. The number of carboxylic acids is 1. The summed E-state index contributed by atoms with van der Waals surface area (Å²) >= 11 is 0. The van der Waals surface area contributed by atoms with Gasteiger partial charge >= 0.3 is 5.97 Å². The molecule has 5 heteroatoms. The van der Waals surface area contributed by atoms with Gasteiger partial charge in [0.05, 0.1) is 0 Å². The second-order valence-corrected chi connectivity index (χ2v) is 7.49. The lowest BCUT2D eigenvalue weighted by Gasteiger charge is -2.21. The Bertz CT molecular complexity index is 361. The zero-order valence-electron chi connectivity index (χ0n) is 16.0. The molecular weight excluding hydrogens is 304 g/mol. The zero-order valence-corrected chi connectivity index (χ0v) is 16.0. The molecule has 0 fully saturated rings. The van der Waals surface area contributed by atoms with Gasteiger partial charge in [-0.3, -0.25) is 9.59 Å². The molecule has 0 radical (unpaired) electrons. The molecular formula is C19H38N2O3. The average molecular weight is 343 g/mol. The van der Waals surface area contributed by atoms with Crippen molar-refractivity contribution in [2.75, 3.05) is 6.54 Å². The summed E-state index contributed by atoms with van der Waals surface area (Å²) < 4.78 is 0. The van der Waals surface area contributed by atoms with E-state index < -0.39 is 5.97 Å². The monoisotopic (exact) mass is 342 g/mol. The van der Waals surface area contributed by atoms with Gasteiger partial charge in [-0.2, -0.15) is 0 Å². The minimum atomic E-state index is -0.803. The van der Waals surface area contributed by atoms with E-state index in [1.165, 1.54) is 0 Å². The molecule has 0 spiro atoms. The Labute approximate surface area is 147 Å². The van der Waals surface area contributed by atoms with Gasteiger partial charge < -0.3 is 16.2 Å².